The molecule has 0 saturated heterocycles. The molecule has 0 saturated carbocycles. The van der Waals surface area contributed by atoms with Crippen LogP contribution in [0.1, 0.15) is 47.7 Å². The lowest BCUT2D eigenvalue weighted by atomic mass is 10.1. The molecule has 140 valence electrons. The fourth-order valence-corrected chi connectivity index (χ4v) is 2.43. The number of halogens is 5. The molecule has 0 heterocycles. The minimum atomic E-state index is -5.18. The van der Waals surface area contributed by atoms with Crippen LogP contribution in [0.4, 0.5) is 22.0 Å². The fourth-order valence-electron chi connectivity index (χ4n) is 2.43. The van der Waals surface area contributed by atoms with Crippen molar-refractivity contribution in [3.8, 4) is 5.75 Å². The van der Waals surface area contributed by atoms with Gasteiger partial charge in [0.25, 0.3) is 0 Å². The highest BCUT2D eigenvalue weighted by Gasteiger charge is 2.38. The van der Waals surface area contributed by atoms with Crippen molar-refractivity contribution in [1.82, 2.24) is 0 Å². The summed E-state index contributed by atoms with van der Waals surface area (Å²) in [6.07, 6.45) is -1.12. The molecular weight excluding hydrogens is 355 g/mol. The second-order valence-electron chi connectivity index (χ2n) is 5.80. The van der Waals surface area contributed by atoms with Crippen LogP contribution in [0.5, 0.6) is 5.75 Å². The molecule has 0 aliphatic carbocycles. The molecule has 0 fully saturated rings. The molecule has 0 amide bonds. The van der Waals surface area contributed by atoms with Crippen LogP contribution in [0.2, 0.25) is 0 Å². The molecule has 2 rings (SSSR count). The van der Waals surface area contributed by atoms with Gasteiger partial charge in [-0.2, -0.15) is 13.2 Å². The van der Waals surface area contributed by atoms with E-state index in [2.05, 4.69) is 6.92 Å². The number of esters is 1. The summed E-state index contributed by atoms with van der Waals surface area (Å²) in [5.74, 6) is -5.23. The predicted octanol–water partition coefficient (Wildman–Crippen LogP) is 5.94. The molecule has 2 nitrogen and oxygen atoms in total. The lowest BCUT2D eigenvalue weighted by Crippen LogP contribution is -2.13. The molecule has 0 aromatic heterocycles. The van der Waals surface area contributed by atoms with Crippen LogP contribution in [0.25, 0.3) is 0 Å². The summed E-state index contributed by atoms with van der Waals surface area (Å²) in [5.41, 5.74) is -0.861. The van der Waals surface area contributed by atoms with E-state index in [1.165, 1.54) is 12.1 Å². The third-order valence-corrected chi connectivity index (χ3v) is 3.77. The Morgan fingerprint density at radius 2 is 1.58 bits per heavy atom. The van der Waals surface area contributed by atoms with Crippen molar-refractivity contribution in [3.05, 3.63) is 64.7 Å². The molecule has 26 heavy (non-hydrogen) atoms. The third-order valence-electron chi connectivity index (χ3n) is 3.77. The number of rotatable bonds is 6. The normalized spacial score (nSPS) is 11.5. The average Bonchev–Trinajstić information content (AvgIpc) is 2.53. The molecule has 0 bridgehead atoms. The van der Waals surface area contributed by atoms with Crippen LogP contribution in [-0.2, 0) is 12.6 Å². The number of unbranched alkanes of at least 4 members (excludes halogenated alkanes) is 2. The zero-order valence-electron chi connectivity index (χ0n) is 14.0. The van der Waals surface area contributed by atoms with Crippen molar-refractivity contribution in [3.63, 3.8) is 0 Å². The summed E-state index contributed by atoms with van der Waals surface area (Å²) in [4.78, 5) is 12.0. The van der Waals surface area contributed by atoms with Crippen molar-refractivity contribution >= 4 is 5.97 Å². The van der Waals surface area contributed by atoms with E-state index in [1.807, 2.05) is 0 Å². The van der Waals surface area contributed by atoms with Crippen molar-refractivity contribution in [2.75, 3.05) is 0 Å². The average molecular weight is 372 g/mol. The molecule has 7 heteroatoms. The molecule has 0 atom stereocenters. The minimum Gasteiger partial charge on any atom is -0.423 e. The first kappa shape index (κ1) is 19.9. The van der Waals surface area contributed by atoms with Gasteiger partial charge in [0.2, 0.25) is 0 Å². The monoisotopic (exact) mass is 372 g/mol. The molecule has 2 aromatic rings. The second kappa shape index (κ2) is 8.29. The summed E-state index contributed by atoms with van der Waals surface area (Å²) in [6, 6.07) is 7.15. The Balaban J connectivity index is 2.10. The van der Waals surface area contributed by atoms with E-state index in [1.54, 1.807) is 12.1 Å². The van der Waals surface area contributed by atoms with Gasteiger partial charge in [0.1, 0.15) is 22.9 Å². The molecular formula is C19H17F5O2. The van der Waals surface area contributed by atoms with Crippen LogP contribution < -0.4 is 4.74 Å². The lowest BCUT2D eigenvalue weighted by Gasteiger charge is -2.11. The van der Waals surface area contributed by atoms with Crippen LogP contribution >= 0.6 is 0 Å². The summed E-state index contributed by atoms with van der Waals surface area (Å²) < 4.78 is 69.4. The summed E-state index contributed by atoms with van der Waals surface area (Å²) in [6.45, 7) is 2.09. The highest BCUT2D eigenvalue weighted by Crippen LogP contribution is 2.35. The van der Waals surface area contributed by atoms with E-state index in [4.69, 9.17) is 4.74 Å². The Labute approximate surface area is 147 Å². The highest BCUT2D eigenvalue weighted by molar-refractivity contribution is 5.91. The Morgan fingerprint density at radius 1 is 1.00 bits per heavy atom. The van der Waals surface area contributed by atoms with Gasteiger partial charge >= 0.3 is 12.1 Å². The fraction of sp³-hybridized carbons (Fsp3) is 0.316. The van der Waals surface area contributed by atoms with Gasteiger partial charge < -0.3 is 4.74 Å². The molecule has 0 radical (unpaired) electrons. The molecule has 2 aromatic carbocycles. The number of benzene rings is 2. The van der Waals surface area contributed by atoms with Crippen LogP contribution in [0, 0.1) is 11.6 Å². The molecule has 0 N–H and O–H groups in total. The first-order chi connectivity index (χ1) is 12.2. The van der Waals surface area contributed by atoms with Crippen LogP contribution in [0.3, 0.4) is 0 Å². The number of ether oxygens (including phenoxy) is 1. The standard InChI is InChI=1S/C19H17F5O2/c1-2-3-4-5-12-6-8-13(9-7-12)18(25)26-14-10-15(20)17(16(21)11-14)19(22,23)24/h6-11H,2-5H2,1H3. The van der Waals surface area contributed by atoms with E-state index < -0.39 is 35.1 Å². The lowest BCUT2D eigenvalue weighted by molar-refractivity contribution is -0.142. The maximum Gasteiger partial charge on any atom is 0.422 e. The summed E-state index contributed by atoms with van der Waals surface area (Å²) >= 11 is 0. The summed E-state index contributed by atoms with van der Waals surface area (Å²) in [5, 5.41) is 0. The summed E-state index contributed by atoms with van der Waals surface area (Å²) in [7, 11) is 0. The SMILES string of the molecule is CCCCCc1ccc(C(=O)Oc2cc(F)c(C(F)(F)F)c(F)c2)cc1. The number of hydrogen-bond donors (Lipinski definition) is 0. The molecule has 0 aliphatic heterocycles. The van der Waals surface area contributed by atoms with Gasteiger partial charge in [-0.1, -0.05) is 31.9 Å². The van der Waals surface area contributed by atoms with E-state index >= 15 is 0 Å². The largest absolute Gasteiger partial charge is 0.423 e. The van der Waals surface area contributed by atoms with Gasteiger partial charge in [-0.3, -0.25) is 0 Å². The van der Waals surface area contributed by atoms with Gasteiger partial charge in [0, 0.05) is 12.1 Å². The maximum atomic E-state index is 13.5. The first-order valence-corrected chi connectivity index (χ1v) is 8.09. The number of carbonyl (C=O) groups excluding carboxylic acids is 1. The van der Waals surface area contributed by atoms with Gasteiger partial charge in [-0.25, -0.2) is 13.6 Å². The van der Waals surface area contributed by atoms with E-state index in [0.717, 1.165) is 31.2 Å². The van der Waals surface area contributed by atoms with Crippen LogP contribution in [0.15, 0.2) is 36.4 Å². The topological polar surface area (TPSA) is 26.3 Å². The smallest absolute Gasteiger partial charge is 0.422 e. The quantitative estimate of drug-likeness (QED) is 0.272. The van der Waals surface area contributed by atoms with E-state index in [-0.39, 0.29) is 5.56 Å². The van der Waals surface area contributed by atoms with Gasteiger partial charge in [0.05, 0.1) is 5.56 Å². The first-order valence-electron chi connectivity index (χ1n) is 8.09. The Hall–Kier alpha value is -2.44. The Bertz CT molecular complexity index is 743. The number of hydrogen-bond acceptors (Lipinski definition) is 2. The van der Waals surface area contributed by atoms with Gasteiger partial charge in [-0.15, -0.1) is 0 Å². The molecule has 0 aliphatic rings. The Kier molecular flexibility index (Phi) is 6.34. The number of aryl methyl sites for hydroxylation is 1. The zero-order valence-corrected chi connectivity index (χ0v) is 14.0. The zero-order chi connectivity index (χ0) is 19.3. The number of carbonyl (C=O) groups is 1. The Morgan fingerprint density at radius 3 is 2.08 bits per heavy atom. The van der Waals surface area contributed by atoms with E-state index in [0.29, 0.717) is 12.1 Å². The number of alkyl halides is 3. The van der Waals surface area contributed by atoms with E-state index in [9.17, 15) is 26.7 Å². The predicted molar refractivity (Wildman–Crippen MR) is 86.0 cm³/mol. The second-order valence-corrected chi connectivity index (χ2v) is 5.80. The molecule has 0 unspecified atom stereocenters. The third kappa shape index (κ3) is 5.03. The van der Waals surface area contributed by atoms with Gasteiger partial charge in [-0.05, 0) is 30.5 Å². The van der Waals surface area contributed by atoms with Crippen molar-refractivity contribution in [2.24, 2.45) is 0 Å². The highest BCUT2D eigenvalue weighted by atomic mass is 19.4. The molecule has 0 spiro atoms. The van der Waals surface area contributed by atoms with Crippen LogP contribution in [-0.4, -0.2) is 5.97 Å². The van der Waals surface area contributed by atoms with Crippen molar-refractivity contribution in [1.29, 1.82) is 0 Å². The minimum absolute atomic E-state index is 0.130. The maximum absolute atomic E-state index is 13.5. The van der Waals surface area contributed by atoms with Crippen molar-refractivity contribution in [2.45, 2.75) is 38.8 Å². The van der Waals surface area contributed by atoms with Crippen molar-refractivity contribution < 1.29 is 31.5 Å². The van der Waals surface area contributed by atoms with Gasteiger partial charge in [0.15, 0.2) is 0 Å².